The summed E-state index contributed by atoms with van der Waals surface area (Å²) < 4.78 is 0. The van der Waals surface area contributed by atoms with E-state index in [2.05, 4.69) is 5.32 Å². The Morgan fingerprint density at radius 3 is 2.40 bits per heavy atom. The first-order valence-electron chi connectivity index (χ1n) is 4.04. The lowest BCUT2D eigenvalue weighted by Gasteiger charge is -2.16. The number of nitrogens with one attached hydrogen (secondary N) is 1. The molecule has 1 atom stereocenters. The van der Waals surface area contributed by atoms with E-state index < -0.39 is 0 Å². The van der Waals surface area contributed by atoms with E-state index in [0.29, 0.717) is 18.2 Å². The Balaban J connectivity index is 0.000000371. The summed E-state index contributed by atoms with van der Waals surface area (Å²) in [5.74, 6) is 0.660. The van der Waals surface area contributed by atoms with E-state index in [4.69, 9.17) is 0 Å². The Labute approximate surface area is 63.0 Å². The maximum absolute atomic E-state index is 10.7. The summed E-state index contributed by atoms with van der Waals surface area (Å²) >= 11 is 0. The molecule has 0 saturated carbocycles. The molecule has 0 aromatic carbocycles. The van der Waals surface area contributed by atoms with E-state index in [1.807, 2.05) is 20.8 Å². The lowest BCUT2D eigenvalue weighted by atomic mass is 10.00. The van der Waals surface area contributed by atoms with E-state index in [0.717, 1.165) is 13.0 Å². The first-order chi connectivity index (χ1) is 4.80. The van der Waals surface area contributed by atoms with E-state index in [1.165, 1.54) is 0 Å². The van der Waals surface area contributed by atoms with Gasteiger partial charge >= 0.3 is 0 Å². The molecule has 0 spiro atoms. The van der Waals surface area contributed by atoms with Crippen molar-refractivity contribution >= 4 is 5.78 Å². The molecule has 0 aromatic heterocycles. The number of rotatable bonds is 0. The van der Waals surface area contributed by atoms with Crippen LogP contribution in [0.2, 0.25) is 0 Å². The summed E-state index contributed by atoms with van der Waals surface area (Å²) in [7, 11) is 0. The van der Waals surface area contributed by atoms with Crippen LogP contribution in [0.3, 0.4) is 0 Å². The SMILES string of the molecule is CC.CC1CCNCC1=O. The number of carbonyl (C=O) groups excluding carboxylic acids is 1. The van der Waals surface area contributed by atoms with Crippen LogP contribution in [0, 0.1) is 5.92 Å². The molecule has 60 valence electrons. The maximum atomic E-state index is 10.7. The number of Topliss-reactive ketones (excluding diaryl/α,β-unsaturated/α-hetero) is 1. The van der Waals surface area contributed by atoms with Crippen molar-refractivity contribution in [3.8, 4) is 0 Å². The Hall–Kier alpha value is -0.370. The predicted molar refractivity (Wildman–Crippen MR) is 43.0 cm³/mol. The third kappa shape index (κ3) is 2.97. The number of piperidine rings is 1. The van der Waals surface area contributed by atoms with Crippen molar-refractivity contribution in [3.05, 3.63) is 0 Å². The molecule has 2 heteroatoms. The van der Waals surface area contributed by atoms with Gasteiger partial charge in [0.25, 0.3) is 0 Å². The normalized spacial score (nSPS) is 25.1. The Kier molecular flexibility index (Phi) is 5.22. The van der Waals surface area contributed by atoms with Gasteiger partial charge in [-0.3, -0.25) is 4.79 Å². The number of hydrogen-bond acceptors (Lipinski definition) is 2. The van der Waals surface area contributed by atoms with Gasteiger partial charge in [-0.1, -0.05) is 20.8 Å². The van der Waals surface area contributed by atoms with Crippen molar-refractivity contribution in [2.75, 3.05) is 13.1 Å². The van der Waals surface area contributed by atoms with Crippen LogP contribution in [0.1, 0.15) is 27.2 Å². The van der Waals surface area contributed by atoms with Crippen molar-refractivity contribution in [1.29, 1.82) is 0 Å². The molecule has 1 rings (SSSR count). The van der Waals surface area contributed by atoms with Crippen LogP contribution in [0.25, 0.3) is 0 Å². The molecule has 0 bridgehead atoms. The van der Waals surface area contributed by atoms with E-state index in [9.17, 15) is 4.79 Å². The molecule has 10 heavy (non-hydrogen) atoms. The van der Waals surface area contributed by atoms with Crippen molar-refractivity contribution in [2.24, 2.45) is 5.92 Å². The highest BCUT2D eigenvalue weighted by molar-refractivity contribution is 5.83. The highest BCUT2D eigenvalue weighted by Crippen LogP contribution is 2.04. The topological polar surface area (TPSA) is 29.1 Å². The van der Waals surface area contributed by atoms with Crippen LogP contribution in [0.15, 0.2) is 0 Å². The van der Waals surface area contributed by atoms with E-state index in [1.54, 1.807) is 0 Å². The number of hydrogen-bond donors (Lipinski definition) is 1. The highest BCUT2D eigenvalue weighted by Gasteiger charge is 2.15. The molecule has 0 radical (unpaired) electrons. The van der Waals surface area contributed by atoms with Gasteiger partial charge in [0.05, 0.1) is 6.54 Å². The molecule has 1 unspecified atom stereocenters. The summed E-state index contributed by atoms with van der Waals surface area (Å²) in [5.41, 5.74) is 0. The van der Waals surface area contributed by atoms with Gasteiger partial charge in [0.1, 0.15) is 5.78 Å². The van der Waals surface area contributed by atoms with Gasteiger partial charge < -0.3 is 5.32 Å². The summed E-state index contributed by atoms with van der Waals surface area (Å²) in [6, 6.07) is 0. The zero-order valence-electron chi connectivity index (χ0n) is 7.11. The van der Waals surface area contributed by atoms with Gasteiger partial charge in [-0.15, -0.1) is 0 Å². The van der Waals surface area contributed by atoms with Crippen LogP contribution in [0.4, 0.5) is 0 Å². The predicted octanol–water partition coefficient (Wildman–Crippen LogP) is 1.21. The number of carbonyl (C=O) groups is 1. The molecule has 1 heterocycles. The lowest BCUT2D eigenvalue weighted by Crippen LogP contribution is -2.35. The van der Waals surface area contributed by atoms with Crippen LogP contribution in [0.5, 0.6) is 0 Å². The molecule has 1 saturated heterocycles. The first-order valence-corrected chi connectivity index (χ1v) is 4.04. The minimum atomic E-state index is 0.302. The van der Waals surface area contributed by atoms with Crippen molar-refractivity contribution in [2.45, 2.75) is 27.2 Å². The minimum Gasteiger partial charge on any atom is -0.310 e. The van der Waals surface area contributed by atoms with Gasteiger partial charge in [0, 0.05) is 5.92 Å². The largest absolute Gasteiger partial charge is 0.310 e. The molecule has 1 N–H and O–H groups in total. The van der Waals surface area contributed by atoms with Crippen molar-refractivity contribution in [1.82, 2.24) is 5.32 Å². The summed E-state index contributed by atoms with van der Waals surface area (Å²) in [6.07, 6.45) is 1.01. The molecule has 0 aliphatic carbocycles. The molecule has 1 aliphatic rings. The van der Waals surface area contributed by atoms with Crippen molar-refractivity contribution in [3.63, 3.8) is 0 Å². The average molecular weight is 143 g/mol. The third-order valence-corrected chi connectivity index (χ3v) is 1.60. The second-order valence-corrected chi connectivity index (χ2v) is 2.33. The number of ketones is 1. The summed E-state index contributed by atoms with van der Waals surface area (Å²) in [4.78, 5) is 10.7. The summed E-state index contributed by atoms with van der Waals surface area (Å²) in [6.45, 7) is 7.58. The zero-order valence-corrected chi connectivity index (χ0v) is 7.11. The molecule has 2 nitrogen and oxygen atoms in total. The first kappa shape index (κ1) is 9.63. The molecule has 1 fully saturated rings. The van der Waals surface area contributed by atoms with Crippen LogP contribution < -0.4 is 5.32 Å². The van der Waals surface area contributed by atoms with Crippen LogP contribution >= 0.6 is 0 Å². The van der Waals surface area contributed by atoms with Crippen molar-refractivity contribution < 1.29 is 4.79 Å². The third-order valence-electron chi connectivity index (χ3n) is 1.60. The average Bonchev–Trinajstić information content (AvgIpc) is 2.00. The Bertz CT molecular complexity index is 101. The monoisotopic (exact) mass is 143 g/mol. The maximum Gasteiger partial charge on any atom is 0.149 e. The highest BCUT2D eigenvalue weighted by atomic mass is 16.1. The fourth-order valence-electron chi connectivity index (χ4n) is 0.865. The Morgan fingerprint density at radius 1 is 1.50 bits per heavy atom. The van der Waals surface area contributed by atoms with Gasteiger partial charge in [-0.2, -0.15) is 0 Å². The standard InChI is InChI=1S/C6H11NO.C2H6/c1-5-2-3-7-4-6(5)8;1-2/h5,7H,2-4H2,1H3;1-2H3. The van der Waals surface area contributed by atoms with Crippen LogP contribution in [-0.2, 0) is 4.79 Å². The van der Waals surface area contributed by atoms with E-state index >= 15 is 0 Å². The second kappa shape index (κ2) is 5.42. The minimum absolute atomic E-state index is 0.302. The smallest absolute Gasteiger partial charge is 0.149 e. The fraction of sp³-hybridized carbons (Fsp3) is 0.875. The molecule has 1 aliphatic heterocycles. The summed E-state index contributed by atoms with van der Waals surface area (Å²) in [5, 5.41) is 3.02. The lowest BCUT2D eigenvalue weighted by molar-refractivity contribution is -0.122. The molecular weight excluding hydrogens is 126 g/mol. The van der Waals surface area contributed by atoms with Gasteiger partial charge in [0.15, 0.2) is 0 Å². The molecular formula is C8H17NO. The van der Waals surface area contributed by atoms with Gasteiger partial charge in [-0.05, 0) is 13.0 Å². The van der Waals surface area contributed by atoms with E-state index in [-0.39, 0.29) is 0 Å². The van der Waals surface area contributed by atoms with Crippen LogP contribution in [-0.4, -0.2) is 18.9 Å². The second-order valence-electron chi connectivity index (χ2n) is 2.33. The zero-order chi connectivity index (χ0) is 7.98. The van der Waals surface area contributed by atoms with Gasteiger partial charge in [0.2, 0.25) is 0 Å². The molecule has 0 aromatic rings. The quantitative estimate of drug-likeness (QED) is 0.552. The Morgan fingerprint density at radius 2 is 2.10 bits per heavy atom. The van der Waals surface area contributed by atoms with Gasteiger partial charge in [-0.25, -0.2) is 0 Å². The fourth-order valence-corrected chi connectivity index (χ4v) is 0.865. The molecule has 0 amide bonds.